The summed E-state index contributed by atoms with van der Waals surface area (Å²) in [7, 11) is 0. The van der Waals surface area contributed by atoms with Gasteiger partial charge in [0, 0.05) is 31.7 Å². The molecule has 0 bridgehead atoms. The van der Waals surface area contributed by atoms with E-state index < -0.39 is 0 Å². The molecular weight excluding hydrogens is 322 g/mol. The normalized spacial score (nSPS) is 19.2. The van der Waals surface area contributed by atoms with E-state index in [2.05, 4.69) is 36.1 Å². The molecule has 1 aromatic rings. The molecule has 1 aromatic carbocycles. The summed E-state index contributed by atoms with van der Waals surface area (Å²) in [6.07, 6.45) is 0.997. The lowest BCUT2D eigenvalue weighted by Gasteiger charge is -2.29. The van der Waals surface area contributed by atoms with Crippen LogP contribution >= 0.6 is 11.8 Å². The summed E-state index contributed by atoms with van der Waals surface area (Å²) < 4.78 is 0. The standard InChI is InChI=1S/C18H27N3O2S/c1-3-21(18(23)13-24-12-17(19)22)16-9-10-20(11-16)14(2)15-7-5-4-6-8-15/h4-8,14,16H,3,9-13H2,1-2H3,(H2,19,22)/t14-,16-/m1/s1. The molecule has 1 saturated heterocycles. The summed E-state index contributed by atoms with van der Waals surface area (Å²) >= 11 is 1.30. The van der Waals surface area contributed by atoms with Gasteiger partial charge >= 0.3 is 0 Å². The van der Waals surface area contributed by atoms with Gasteiger partial charge in [-0.15, -0.1) is 11.8 Å². The molecule has 6 heteroatoms. The second-order valence-corrected chi connectivity index (χ2v) is 7.15. The largest absolute Gasteiger partial charge is 0.369 e. The Morgan fingerprint density at radius 2 is 2.04 bits per heavy atom. The zero-order chi connectivity index (χ0) is 17.5. The molecule has 1 fully saturated rings. The van der Waals surface area contributed by atoms with Gasteiger partial charge in [-0.1, -0.05) is 30.3 Å². The van der Waals surface area contributed by atoms with E-state index in [1.165, 1.54) is 17.3 Å². The van der Waals surface area contributed by atoms with Gasteiger partial charge in [-0.2, -0.15) is 0 Å². The number of carbonyl (C=O) groups is 2. The van der Waals surface area contributed by atoms with Crippen LogP contribution in [0.5, 0.6) is 0 Å². The number of likely N-dealkylation sites (N-methyl/N-ethyl adjacent to an activating group) is 1. The van der Waals surface area contributed by atoms with Gasteiger partial charge in [0.2, 0.25) is 11.8 Å². The van der Waals surface area contributed by atoms with E-state index in [-0.39, 0.29) is 23.6 Å². The predicted molar refractivity (Wildman–Crippen MR) is 98.7 cm³/mol. The topological polar surface area (TPSA) is 66.6 Å². The molecule has 2 amide bonds. The fourth-order valence-corrected chi connectivity index (χ4v) is 3.92. The smallest absolute Gasteiger partial charge is 0.232 e. The average Bonchev–Trinajstić information content (AvgIpc) is 3.05. The quantitative estimate of drug-likeness (QED) is 0.778. The van der Waals surface area contributed by atoms with Crippen LogP contribution in [0.25, 0.3) is 0 Å². The molecule has 2 N–H and O–H groups in total. The van der Waals surface area contributed by atoms with Crippen molar-refractivity contribution in [1.29, 1.82) is 0 Å². The first-order chi connectivity index (χ1) is 11.5. The molecular formula is C18H27N3O2S. The summed E-state index contributed by atoms with van der Waals surface area (Å²) in [5.74, 6) is 0.245. The number of hydrogen-bond donors (Lipinski definition) is 1. The SMILES string of the molecule is CCN(C(=O)CSCC(N)=O)[C@@H]1CCN([C@H](C)c2ccccc2)C1. The van der Waals surface area contributed by atoms with E-state index in [9.17, 15) is 9.59 Å². The maximum atomic E-state index is 12.4. The van der Waals surface area contributed by atoms with Crippen LogP contribution in [0, 0.1) is 0 Å². The third kappa shape index (κ3) is 4.98. The Morgan fingerprint density at radius 1 is 1.33 bits per heavy atom. The maximum Gasteiger partial charge on any atom is 0.232 e. The Morgan fingerprint density at radius 3 is 2.67 bits per heavy atom. The van der Waals surface area contributed by atoms with Crippen LogP contribution < -0.4 is 5.73 Å². The van der Waals surface area contributed by atoms with Crippen LogP contribution in [0.15, 0.2) is 30.3 Å². The lowest BCUT2D eigenvalue weighted by atomic mass is 10.1. The highest BCUT2D eigenvalue weighted by Gasteiger charge is 2.32. The Balaban J connectivity index is 1.90. The fourth-order valence-electron chi connectivity index (χ4n) is 3.28. The average molecular weight is 350 g/mol. The number of benzene rings is 1. The molecule has 5 nitrogen and oxygen atoms in total. The minimum Gasteiger partial charge on any atom is -0.369 e. The van der Waals surface area contributed by atoms with Crippen molar-refractivity contribution in [2.75, 3.05) is 31.1 Å². The van der Waals surface area contributed by atoms with Crippen molar-refractivity contribution in [3.05, 3.63) is 35.9 Å². The van der Waals surface area contributed by atoms with E-state index in [4.69, 9.17) is 5.73 Å². The second kappa shape index (κ2) is 9.08. The predicted octanol–water partition coefficient (Wildman–Crippen LogP) is 1.89. The van der Waals surface area contributed by atoms with E-state index >= 15 is 0 Å². The van der Waals surface area contributed by atoms with Gasteiger partial charge in [0.05, 0.1) is 11.5 Å². The van der Waals surface area contributed by atoms with Crippen molar-refractivity contribution >= 4 is 23.6 Å². The van der Waals surface area contributed by atoms with Crippen LogP contribution in [-0.2, 0) is 9.59 Å². The first-order valence-corrected chi connectivity index (χ1v) is 9.63. The van der Waals surface area contributed by atoms with Crippen molar-refractivity contribution in [3.8, 4) is 0 Å². The van der Waals surface area contributed by atoms with E-state index in [1.54, 1.807) is 0 Å². The van der Waals surface area contributed by atoms with Gasteiger partial charge < -0.3 is 10.6 Å². The molecule has 1 aliphatic rings. The summed E-state index contributed by atoms with van der Waals surface area (Å²) in [5, 5.41) is 0. The molecule has 0 spiro atoms. The summed E-state index contributed by atoms with van der Waals surface area (Å²) in [6.45, 7) is 6.84. The number of amides is 2. The molecule has 2 atom stereocenters. The van der Waals surface area contributed by atoms with Crippen molar-refractivity contribution in [2.45, 2.75) is 32.4 Å². The fraction of sp³-hybridized carbons (Fsp3) is 0.556. The van der Waals surface area contributed by atoms with Crippen LogP contribution in [0.3, 0.4) is 0 Å². The highest BCUT2D eigenvalue weighted by atomic mass is 32.2. The maximum absolute atomic E-state index is 12.4. The molecule has 24 heavy (non-hydrogen) atoms. The Labute approximate surface area is 148 Å². The molecule has 0 radical (unpaired) electrons. The lowest BCUT2D eigenvalue weighted by molar-refractivity contribution is -0.130. The minimum atomic E-state index is -0.375. The van der Waals surface area contributed by atoms with E-state index in [1.807, 2.05) is 17.9 Å². The summed E-state index contributed by atoms with van der Waals surface area (Å²) in [6, 6.07) is 11.1. The molecule has 0 saturated carbocycles. The van der Waals surface area contributed by atoms with Crippen molar-refractivity contribution in [3.63, 3.8) is 0 Å². The van der Waals surface area contributed by atoms with Gasteiger partial charge in [-0.3, -0.25) is 14.5 Å². The number of nitrogens with two attached hydrogens (primary N) is 1. The van der Waals surface area contributed by atoms with Gasteiger partial charge in [0.25, 0.3) is 0 Å². The summed E-state index contributed by atoms with van der Waals surface area (Å²) in [5.41, 5.74) is 6.43. The number of carbonyl (C=O) groups excluding carboxylic acids is 2. The number of thioether (sulfide) groups is 1. The molecule has 0 aliphatic carbocycles. The van der Waals surface area contributed by atoms with Gasteiger partial charge in [0.15, 0.2) is 0 Å². The monoisotopic (exact) mass is 349 g/mol. The van der Waals surface area contributed by atoms with Crippen molar-refractivity contribution in [1.82, 2.24) is 9.80 Å². The third-order valence-electron chi connectivity index (χ3n) is 4.60. The Hall–Kier alpha value is -1.53. The van der Waals surface area contributed by atoms with Gasteiger partial charge in [-0.25, -0.2) is 0 Å². The van der Waals surface area contributed by atoms with E-state index in [0.717, 1.165) is 19.5 Å². The molecule has 0 aromatic heterocycles. The Kier molecular flexibility index (Phi) is 7.12. The lowest BCUT2D eigenvalue weighted by Crippen LogP contribution is -2.43. The number of hydrogen-bond acceptors (Lipinski definition) is 4. The second-order valence-electron chi connectivity index (χ2n) is 6.16. The van der Waals surface area contributed by atoms with Crippen molar-refractivity contribution in [2.24, 2.45) is 5.73 Å². The number of primary amides is 1. The number of rotatable bonds is 8. The molecule has 132 valence electrons. The third-order valence-corrected chi connectivity index (χ3v) is 5.54. The van der Waals surface area contributed by atoms with Gasteiger partial charge in [0.1, 0.15) is 0 Å². The molecule has 0 unspecified atom stereocenters. The first-order valence-electron chi connectivity index (χ1n) is 8.47. The number of nitrogens with zero attached hydrogens (tertiary/aromatic N) is 2. The molecule has 1 aliphatic heterocycles. The zero-order valence-electron chi connectivity index (χ0n) is 14.5. The van der Waals surface area contributed by atoms with Crippen LogP contribution in [0.2, 0.25) is 0 Å². The Bertz CT molecular complexity index is 552. The van der Waals surface area contributed by atoms with Crippen LogP contribution in [0.1, 0.15) is 31.9 Å². The highest BCUT2D eigenvalue weighted by Crippen LogP contribution is 2.26. The van der Waals surface area contributed by atoms with Crippen LogP contribution in [-0.4, -0.2) is 58.8 Å². The highest BCUT2D eigenvalue weighted by molar-refractivity contribution is 8.00. The minimum absolute atomic E-state index is 0.1000. The summed E-state index contributed by atoms with van der Waals surface area (Å²) in [4.78, 5) is 27.6. The molecule has 2 rings (SSSR count). The van der Waals surface area contributed by atoms with E-state index in [0.29, 0.717) is 18.3 Å². The zero-order valence-corrected chi connectivity index (χ0v) is 15.3. The molecule has 1 heterocycles. The van der Waals surface area contributed by atoms with Gasteiger partial charge in [-0.05, 0) is 25.8 Å². The van der Waals surface area contributed by atoms with Crippen LogP contribution in [0.4, 0.5) is 0 Å². The number of likely N-dealkylation sites (tertiary alicyclic amines) is 1. The van der Waals surface area contributed by atoms with Crippen molar-refractivity contribution < 1.29 is 9.59 Å². The first kappa shape index (κ1) is 18.8.